The lowest BCUT2D eigenvalue weighted by molar-refractivity contribution is 0.282. The lowest BCUT2D eigenvalue weighted by Crippen LogP contribution is -1.97. The Hall–Kier alpha value is -0.120. The summed E-state index contributed by atoms with van der Waals surface area (Å²) < 4.78 is 0. The van der Waals surface area contributed by atoms with E-state index in [1.54, 1.807) is 0 Å². The second-order valence-corrected chi connectivity index (χ2v) is 3.71. The van der Waals surface area contributed by atoms with Crippen molar-refractivity contribution in [2.45, 2.75) is 58.3 Å². The van der Waals surface area contributed by atoms with Gasteiger partial charge in [-0.3, -0.25) is 0 Å². The second-order valence-electron chi connectivity index (χ2n) is 3.71. The SMILES string of the molecule is CCCCCCO.NCCCCCCO. The van der Waals surface area contributed by atoms with E-state index in [1.807, 2.05) is 0 Å². The molecular formula is C12H29NO2. The minimum Gasteiger partial charge on any atom is -0.396 e. The summed E-state index contributed by atoms with van der Waals surface area (Å²) >= 11 is 0. The molecule has 0 radical (unpaired) electrons. The molecule has 0 aromatic carbocycles. The molecule has 0 amide bonds. The Labute approximate surface area is 94.7 Å². The highest BCUT2D eigenvalue weighted by molar-refractivity contribution is 4.41. The van der Waals surface area contributed by atoms with Crippen LogP contribution in [0.4, 0.5) is 0 Å². The number of aliphatic hydroxyl groups excluding tert-OH is 2. The molecule has 0 aromatic heterocycles. The summed E-state index contributed by atoms with van der Waals surface area (Å²) in [5, 5.41) is 16.6. The summed E-state index contributed by atoms with van der Waals surface area (Å²) in [7, 11) is 0. The first-order chi connectivity index (χ1) is 7.33. The maximum atomic E-state index is 8.33. The number of hydrogen-bond acceptors (Lipinski definition) is 3. The predicted molar refractivity (Wildman–Crippen MR) is 65.8 cm³/mol. The highest BCUT2D eigenvalue weighted by atomic mass is 16.3. The van der Waals surface area contributed by atoms with Crippen LogP contribution >= 0.6 is 0 Å². The van der Waals surface area contributed by atoms with Crippen LogP contribution in [0, 0.1) is 0 Å². The van der Waals surface area contributed by atoms with Gasteiger partial charge < -0.3 is 15.9 Å². The van der Waals surface area contributed by atoms with E-state index in [-0.39, 0.29) is 0 Å². The van der Waals surface area contributed by atoms with Crippen molar-refractivity contribution >= 4 is 0 Å². The van der Waals surface area contributed by atoms with Crippen molar-refractivity contribution in [1.29, 1.82) is 0 Å². The van der Waals surface area contributed by atoms with Gasteiger partial charge in [0.25, 0.3) is 0 Å². The molecule has 0 aliphatic rings. The Bertz CT molecular complexity index is 79.7. The molecule has 3 heteroatoms. The molecule has 0 heterocycles. The molecule has 0 fully saturated rings. The molecule has 4 N–H and O–H groups in total. The third-order valence-electron chi connectivity index (χ3n) is 2.12. The van der Waals surface area contributed by atoms with Crippen molar-refractivity contribution in [3.63, 3.8) is 0 Å². The summed E-state index contributed by atoms with van der Waals surface area (Å²) in [6.45, 7) is 3.63. The van der Waals surface area contributed by atoms with E-state index in [0.29, 0.717) is 13.2 Å². The van der Waals surface area contributed by atoms with Crippen LogP contribution < -0.4 is 5.73 Å². The summed E-state index contributed by atoms with van der Waals surface area (Å²) in [6, 6.07) is 0. The van der Waals surface area contributed by atoms with Crippen molar-refractivity contribution in [2.24, 2.45) is 5.73 Å². The van der Waals surface area contributed by atoms with Crippen LogP contribution in [0.15, 0.2) is 0 Å². The lowest BCUT2D eigenvalue weighted by atomic mass is 10.2. The monoisotopic (exact) mass is 219 g/mol. The molecular weight excluding hydrogens is 190 g/mol. The first-order valence-corrected chi connectivity index (χ1v) is 6.25. The van der Waals surface area contributed by atoms with Crippen LogP contribution in [-0.2, 0) is 0 Å². The van der Waals surface area contributed by atoms with E-state index < -0.39 is 0 Å². The summed E-state index contributed by atoms with van der Waals surface area (Å²) in [6.07, 6.45) is 8.99. The fourth-order valence-electron chi connectivity index (χ4n) is 1.15. The standard InChI is InChI=1S/C6H15NO.C6H14O/c7-5-3-1-2-4-6-8;1-2-3-4-5-6-7/h8H,1-7H2;7H,2-6H2,1H3. The molecule has 0 unspecified atom stereocenters. The maximum Gasteiger partial charge on any atom is 0.0431 e. The molecule has 0 aliphatic heterocycles. The highest BCUT2D eigenvalue weighted by Crippen LogP contribution is 1.96. The van der Waals surface area contributed by atoms with E-state index in [0.717, 1.165) is 38.6 Å². The van der Waals surface area contributed by atoms with E-state index in [2.05, 4.69) is 6.92 Å². The zero-order chi connectivity index (χ0) is 11.8. The quantitative estimate of drug-likeness (QED) is 0.520. The Kier molecular flexibility index (Phi) is 22.4. The minimum atomic E-state index is 0.324. The average Bonchev–Trinajstić information content (AvgIpc) is 2.26. The normalized spacial score (nSPS) is 9.60. The van der Waals surface area contributed by atoms with Gasteiger partial charge in [-0.2, -0.15) is 0 Å². The second kappa shape index (κ2) is 19.5. The van der Waals surface area contributed by atoms with Gasteiger partial charge >= 0.3 is 0 Å². The third kappa shape index (κ3) is 24.8. The van der Waals surface area contributed by atoms with E-state index >= 15 is 0 Å². The van der Waals surface area contributed by atoms with E-state index in [1.165, 1.54) is 19.3 Å². The molecule has 0 rings (SSSR count). The zero-order valence-electron chi connectivity index (χ0n) is 10.2. The van der Waals surface area contributed by atoms with Gasteiger partial charge in [0.1, 0.15) is 0 Å². The van der Waals surface area contributed by atoms with Crippen LogP contribution in [-0.4, -0.2) is 30.0 Å². The number of aliphatic hydroxyl groups is 2. The van der Waals surface area contributed by atoms with Gasteiger partial charge in [0, 0.05) is 13.2 Å². The number of rotatable bonds is 9. The fourth-order valence-corrected chi connectivity index (χ4v) is 1.15. The average molecular weight is 219 g/mol. The predicted octanol–water partition coefficient (Wildman–Crippen LogP) is 2.06. The lowest BCUT2D eigenvalue weighted by Gasteiger charge is -1.93. The Morgan fingerprint density at radius 1 is 0.733 bits per heavy atom. The molecule has 0 saturated carbocycles. The van der Waals surface area contributed by atoms with Crippen LogP contribution in [0.3, 0.4) is 0 Å². The van der Waals surface area contributed by atoms with Gasteiger partial charge in [-0.05, 0) is 25.8 Å². The topological polar surface area (TPSA) is 66.5 Å². The van der Waals surface area contributed by atoms with Gasteiger partial charge in [0.2, 0.25) is 0 Å². The zero-order valence-corrected chi connectivity index (χ0v) is 10.2. The van der Waals surface area contributed by atoms with Crippen LogP contribution in [0.2, 0.25) is 0 Å². The van der Waals surface area contributed by atoms with Gasteiger partial charge in [-0.15, -0.1) is 0 Å². The van der Waals surface area contributed by atoms with Crippen molar-refractivity contribution in [3.05, 3.63) is 0 Å². The molecule has 15 heavy (non-hydrogen) atoms. The Morgan fingerprint density at radius 2 is 1.20 bits per heavy atom. The summed E-state index contributed by atoms with van der Waals surface area (Å²) in [5.74, 6) is 0. The molecule has 3 nitrogen and oxygen atoms in total. The van der Waals surface area contributed by atoms with Gasteiger partial charge in [0.05, 0.1) is 0 Å². The summed E-state index contributed by atoms with van der Waals surface area (Å²) in [5.41, 5.74) is 5.25. The maximum absolute atomic E-state index is 8.33. The van der Waals surface area contributed by atoms with Crippen molar-refractivity contribution in [3.8, 4) is 0 Å². The number of unbranched alkanes of at least 4 members (excludes halogenated alkanes) is 6. The highest BCUT2D eigenvalue weighted by Gasteiger charge is 1.84. The van der Waals surface area contributed by atoms with Crippen LogP contribution in [0.25, 0.3) is 0 Å². The molecule has 94 valence electrons. The molecule has 0 aromatic rings. The third-order valence-corrected chi connectivity index (χ3v) is 2.12. The molecule has 0 atom stereocenters. The molecule has 0 aliphatic carbocycles. The van der Waals surface area contributed by atoms with Crippen LogP contribution in [0.5, 0.6) is 0 Å². The van der Waals surface area contributed by atoms with E-state index in [4.69, 9.17) is 15.9 Å². The van der Waals surface area contributed by atoms with Gasteiger partial charge in [-0.1, -0.05) is 39.0 Å². The Morgan fingerprint density at radius 3 is 1.60 bits per heavy atom. The van der Waals surface area contributed by atoms with Crippen LogP contribution in [0.1, 0.15) is 58.3 Å². The fraction of sp³-hybridized carbons (Fsp3) is 1.00. The minimum absolute atomic E-state index is 0.324. The van der Waals surface area contributed by atoms with E-state index in [9.17, 15) is 0 Å². The molecule has 0 spiro atoms. The number of hydrogen-bond donors (Lipinski definition) is 3. The Balaban J connectivity index is 0. The molecule has 0 bridgehead atoms. The van der Waals surface area contributed by atoms with Gasteiger partial charge in [0.15, 0.2) is 0 Å². The first kappa shape index (κ1) is 17.3. The largest absolute Gasteiger partial charge is 0.396 e. The smallest absolute Gasteiger partial charge is 0.0431 e. The summed E-state index contributed by atoms with van der Waals surface area (Å²) in [4.78, 5) is 0. The van der Waals surface area contributed by atoms with Crippen molar-refractivity contribution < 1.29 is 10.2 Å². The van der Waals surface area contributed by atoms with Gasteiger partial charge in [-0.25, -0.2) is 0 Å². The first-order valence-electron chi connectivity index (χ1n) is 6.25. The van der Waals surface area contributed by atoms with Crippen molar-refractivity contribution in [2.75, 3.05) is 19.8 Å². The number of nitrogens with two attached hydrogens (primary N) is 1. The van der Waals surface area contributed by atoms with Crippen molar-refractivity contribution in [1.82, 2.24) is 0 Å². The molecule has 0 saturated heterocycles.